The fourth-order valence-electron chi connectivity index (χ4n) is 2.92. The Labute approximate surface area is 134 Å². The van der Waals surface area contributed by atoms with Crippen molar-refractivity contribution in [1.82, 2.24) is 14.9 Å². The molecule has 0 amide bonds. The summed E-state index contributed by atoms with van der Waals surface area (Å²) in [4.78, 5) is 10.6. The van der Waals surface area contributed by atoms with E-state index in [1.54, 1.807) is 6.20 Å². The largest absolute Gasteiger partial charge is 0.350 e. The van der Waals surface area contributed by atoms with Crippen LogP contribution in [0.15, 0.2) is 30.5 Å². The number of piperidine rings is 1. The molecule has 0 aliphatic carbocycles. The number of hydrogen-bond acceptors (Lipinski definition) is 4. The van der Waals surface area contributed by atoms with Crippen molar-refractivity contribution in [3.05, 3.63) is 53.4 Å². The van der Waals surface area contributed by atoms with Crippen molar-refractivity contribution in [2.24, 2.45) is 0 Å². The van der Waals surface area contributed by atoms with Crippen LogP contribution in [0.2, 0.25) is 0 Å². The second-order valence-corrected chi connectivity index (χ2v) is 5.94. The topological polar surface area (TPSA) is 41.1 Å². The quantitative estimate of drug-likeness (QED) is 0.940. The van der Waals surface area contributed by atoms with E-state index in [-0.39, 0.29) is 18.2 Å². The first-order valence-electron chi connectivity index (χ1n) is 7.83. The van der Waals surface area contributed by atoms with E-state index in [2.05, 4.69) is 20.2 Å². The highest BCUT2D eigenvalue weighted by Gasteiger charge is 2.22. The van der Waals surface area contributed by atoms with Crippen molar-refractivity contribution >= 4 is 5.95 Å². The van der Waals surface area contributed by atoms with E-state index in [0.717, 1.165) is 25.1 Å². The zero-order chi connectivity index (χ0) is 16.2. The lowest BCUT2D eigenvalue weighted by molar-refractivity contribution is 0.203. The molecule has 1 saturated heterocycles. The number of aromatic nitrogens is 2. The lowest BCUT2D eigenvalue weighted by atomic mass is 10.0. The van der Waals surface area contributed by atoms with Crippen molar-refractivity contribution in [3.8, 4) is 0 Å². The monoisotopic (exact) mass is 318 g/mol. The molecule has 0 spiro atoms. The zero-order valence-corrected chi connectivity index (χ0v) is 13.1. The molecule has 1 unspecified atom stereocenters. The molecule has 122 valence electrons. The molecule has 0 radical (unpaired) electrons. The Bertz CT molecular complexity index is 657. The maximum Gasteiger partial charge on any atom is 0.223 e. The van der Waals surface area contributed by atoms with Crippen LogP contribution in [0.25, 0.3) is 0 Å². The van der Waals surface area contributed by atoms with Gasteiger partial charge < -0.3 is 5.32 Å². The third kappa shape index (κ3) is 4.01. The van der Waals surface area contributed by atoms with Gasteiger partial charge in [0.15, 0.2) is 0 Å². The molecule has 0 bridgehead atoms. The van der Waals surface area contributed by atoms with E-state index < -0.39 is 11.6 Å². The molecule has 1 fully saturated rings. The summed E-state index contributed by atoms with van der Waals surface area (Å²) < 4.78 is 27.6. The van der Waals surface area contributed by atoms with Gasteiger partial charge in [-0.3, -0.25) is 4.90 Å². The summed E-state index contributed by atoms with van der Waals surface area (Å²) in [6.07, 6.45) is 3.69. The number of aryl methyl sites for hydroxylation is 1. The first kappa shape index (κ1) is 15.8. The Hall–Kier alpha value is -2.08. The molecule has 6 heteroatoms. The van der Waals surface area contributed by atoms with Gasteiger partial charge in [-0.15, -0.1) is 0 Å². The maximum atomic E-state index is 13.8. The van der Waals surface area contributed by atoms with Gasteiger partial charge in [0.05, 0.1) is 0 Å². The molecule has 1 N–H and O–H groups in total. The standard InChI is InChI=1S/C17H20F2N4/c1-12-7-8-20-17(21-12)22-13-4-3-9-23(10-13)11-14-15(18)5-2-6-16(14)19/h2,5-8,13H,3-4,9-11H2,1H3,(H,20,21,22). The van der Waals surface area contributed by atoms with Crippen LogP contribution in [0.1, 0.15) is 24.1 Å². The summed E-state index contributed by atoms with van der Waals surface area (Å²) in [6, 6.07) is 6.03. The smallest absolute Gasteiger partial charge is 0.223 e. The highest BCUT2D eigenvalue weighted by Crippen LogP contribution is 2.19. The van der Waals surface area contributed by atoms with Crippen LogP contribution < -0.4 is 5.32 Å². The van der Waals surface area contributed by atoms with Crippen LogP contribution in [0.5, 0.6) is 0 Å². The molecular weight excluding hydrogens is 298 g/mol. The van der Waals surface area contributed by atoms with E-state index in [1.807, 2.05) is 13.0 Å². The Morgan fingerprint density at radius 2 is 2.04 bits per heavy atom. The molecule has 2 heterocycles. The number of nitrogens with one attached hydrogen (secondary N) is 1. The summed E-state index contributed by atoms with van der Waals surface area (Å²) in [5.41, 5.74) is 1.04. The first-order valence-corrected chi connectivity index (χ1v) is 7.83. The highest BCUT2D eigenvalue weighted by atomic mass is 19.1. The zero-order valence-electron chi connectivity index (χ0n) is 13.1. The van der Waals surface area contributed by atoms with Crippen molar-refractivity contribution in [3.63, 3.8) is 0 Å². The molecule has 1 atom stereocenters. The molecule has 23 heavy (non-hydrogen) atoms. The molecule has 4 nitrogen and oxygen atoms in total. The molecule has 3 rings (SSSR count). The Kier molecular flexibility index (Phi) is 4.81. The van der Waals surface area contributed by atoms with E-state index in [0.29, 0.717) is 12.5 Å². The van der Waals surface area contributed by atoms with Gasteiger partial charge in [-0.2, -0.15) is 0 Å². The number of likely N-dealkylation sites (tertiary alicyclic amines) is 1. The fraction of sp³-hybridized carbons (Fsp3) is 0.412. The Morgan fingerprint density at radius 1 is 1.26 bits per heavy atom. The van der Waals surface area contributed by atoms with Crippen molar-refractivity contribution in [2.75, 3.05) is 18.4 Å². The summed E-state index contributed by atoms with van der Waals surface area (Å²) in [6.45, 7) is 3.75. The summed E-state index contributed by atoms with van der Waals surface area (Å²) in [7, 11) is 0. The second kappa shape index (κ2) is 7.00. The molecule has 1 aromatic carbocycles. The summed E-state index contributed by atoms with van der Waals surface area (Å²) in [5.74, 6) is -0.363. The van der Waals surface area contributed by atoms with E-state index >= 15 is 0 Å². The number of halogens is 2. The van der Waals surface area contributed by atoms with Crippen molar-refractivity contribution in [1.29, 1.82) is 0 Å². The van der Waals surface area contributed by atoms with Gasteiger partial charge in [-0.1, -0.05) is 6.07 Å². The molecule has 1 aliphatic heterocycles. The van der Waals surface area contributed by atoms with Crippen LogP contribution in [-0.4, -0.2) is 34.0 Å². The van der Waals surface area contributed by atoms with E-state index in [4.69, 9.17) is 0 Å². The van der Waals surface area contributed by atoms with Gasteiger partial charge in [-0.05, 0) is 44.5 Å². The summed E-state index contributed by atoms with van der Waals surface area (Å²) >= 11 is 0. The van der Waals surface area contributed by atoms with Gasteiger partial charge in [0.2, 0.25) is 5.95 Å². The van der Waals surface area contributed by atoms with Crippen LogP contribution in [0, 0.1) is 18.6 Å². The number of benzene rings is 1. The maximum absolute atomic E-state index is 13.8. The number of rotatable bonds is 4. The van der Waals surface area contributed by atoms with Crippen LogP contribution in [0.4, 0.5) is 14.7 Å². The SMILES string of the molecule is Cc1ccnc(NC2CCCN(Cc3c(F)cccc3F)C2)n1. The molecule has 2 aromatic rings. The summed E-state index contributed by atoms with van der Waals surface area (Å²) in [5, 5.41) is 3.32. The minimum absolute atomic E-state index is 0.139. The van der Waals surface area contributed by atoms with Gasteiger partial charge in [0, 0.05) is 36.6 Å². The Morgan fingerprint density at radius 3 is 2.78 bits per heavy atom. The van der Waals surface area contributed by atoms with Crippen molar-refractivity contribution in [2.45, 2.75) is 32.4 Å². The van der Waals surface area contributed by atoms with Gasteiger partial charge >= 0.3 is 0 Å². The average molecular weight is 318 g/mol. The van der Waals surface area contributed by atoms with E-state index in [1.165, 1.54) is 18.2 Å². The third-order valence-corrected chi connectivity index (χ3v) is 4.08. The van der Waals surface area contributed by atoms with Gasteiger partial charge in [-0.25, -0.2) is 18.7 Å². The number of anilines is 1. The fourth-order valence-corrected chi connectivity index (χ4v) is 2.92. The molecule has 1 aliphatic rings. The number of nitrogens with zero attached hydrogens (tertiary/aromatic N) is 3. The predicted molar refractivity (Wildman–Crippen MR) is 85.0 cm³/mol. The van der Waals surface area contributed by atoms with E-state index in [9.17, 15) is 8.78 Å². The van der Waals surface area contributed by atoms with Crippen LogP contribution in [-0.2, 0) is 6.54 Å². The predicted octanol–water partition coefficient (Wildman–Crippen LogP) is 3.14. The third-order valence-electron chi connectivity index (χ3n) is 4.08. The second-order valence-electron chi connectivity index (χ2n) is 5.94. The minimum Gasteiger partial charge on any atom is -0.350 e. The highest BCUT2D eigenvalue weighted by molar-refractivity contribution is 5.27. The normalized spacial score (nSPS) is 18.8. The van der Waals surface area contributed by atoms with Crippen LogP contribution in [0.3, 0.4) is 0 Å². The van der Waals surface area contributed by atoms with Gasteiger partial charge in [0.25, 0.3) is 0 Å². The number of hydrogen-bond donors (Lipinski definition) is 1. The minimum atomic E-state index is -0.484. The Balaban J connectivity index is 1.64. The molecule has 1 aromatic heterocycles. The average Bonchev–Trinajstić information content (AvgIpc) is 2.52. The van der Waals surface area contributed by atoms with Crippen LogP contribution >= 0.6 is 0 Å². The van der Waals surface area contributed by atoms with Gasteiger partial charge in [0.1, 0.15) is 11.6 Å². The lowest BCUT2D eigenvalue weighted by Crippen LogP contribution is -2.42. The molecular formula is C17H20F2N4. The molecule has 0 saturated carbocycles. The first-order chi connectivity index (χ1) is 11.1. The van der Waals surface area contributed by atoms with Crippen molar-refractivity contribution < 1.29 is 8.78 Å². The lowest BCUT2D eigenvalue weighted by Gasteiger charge is -2.33.